The highest BCUT2D eigenvalue weighted by molar-refractivity contribution is 5.81. The van der Waals surface area contributed by atoms with E-state index in [1.165, 1.54) is 24.8 Å². The molecule has 3 heteroatoms. The first-order chi connectivity index (χ1) is 7.72. The number of aryl methyl sites for hydroxylation is 1. The molecule has 0 bridgehead atoms. The van der Waals surface area contributed by atoms with E-state index in [2.05, 4.69) is 4.74 Å². The summed E-state index contributed by atoms with van der Waals surface area (Å²) in [4.78, 5) is 10.8. The SMILES string of the molecule is COC(=O)/C=C/C(O)CCc1ccccc1. The first-order valence-electron chi connectivity index (χ1n) is 5.20. The molecule has 1 aromatic carbocycles. The second kappa shape index (κ2) is 6.80. The number of esters is 1. The summed E-state index contributed by atoms with van der Waals surface area (Å²) in [5.74, 6) is -0.446. The molecule has 0 amide bonds. The zero-order chi connectivity index (χ0) is 11.8. The summed E-state index contributed by atoms with van der Waals surface area (Å²) < 4.78 is 4.43. The second-order valence-electron chi connectivity index (χ2n) is 3.47. The van der Waals surface area contributed by atoms with Crippen molar-refractivity contribution in [3.8, 4) is 0 Å². The Labute approximate surface area is 95.4 Å². The van der Waals surface area contributed by atoms with Crippen molar-refractivity contribution in [1.29, 1.82) is 0 Å². The van der Waals surface area contributed by atoms with Crippen molar-refractivity contribution in [3.05, 3.63) is 48.0 Å². The Balaban J connectivity index is 2.33. The number of ether oxygens (including phenoxy) is 1. The molecular formula is C13H16O3. The van der Waals surface area contributed by atoms with Gasteiger partial charge in [-0.1, -0.05) is 30.3 Å². The molecule has 0 heterocycles. The molecule has 0 aliphatic carbocycles. The van der Waals surface area contributed by atoms with Crippen molar-refractivity contribution in [3.63, 3.8) is 0 Å². The van der Waals surface area contributed by atoms with Crippen LogP contribution in [0.5, 0.6) is 0 Å². The summed E-state index contributed by atoms with van der Waals surface area (Å²) in [6.45, 7) is 0. The highest BCUT2D eigenvalue weighted by Crippen LogP contribution is 2.05. The molecule has 0 aliphatic rings. The Morgan fingerprint density at radius 3 is 2.75 bits per heavy atom. The summed E-state index contributed by atoms with van der Waals surface area (Å²) in [6, 6.07) is 9.91. The fourth-order valence-electron chi connectivity index (χ4n) is 1.31. The van der Waals surface area contributed by atoms with Gasteiger partial charge in [-0.15, -0.1) is 0 Å². The van der Waals surface area contributed by atoms with E-state index in [-0.39, 0.29) is 0 Å². The predicted octanol–water partition coefficient (Wildman–Crippen LogP) is 1.71. The number of rotatable bonds is 5. The summed E-state index contributed by atoms with van der Waals surface area (Å²) >= 11 is 0. The normalized spacial score (nSPS) is 12.6. The molecule has 0 aliphatic heterocycles. The second-order valence-corrected chi connectivity index (χ2v) is 3.47. The van der Waals surface area contributed by atoms with Crippen LogP contribution in [0.15, 0.2) is 42.5 Å². The van der Waals surface area contributed by atoms with E-state index in [1.807, 2.05) is 30.3 Å². The van der Waals surface area contributed by atoms with Gasteiger partial charge in [0.25, 0.3) is 0 Å². The zero-order valence-electron chi connectivity index (χ0n) is 9.30. The maximum Gasteiger partial charge on any atom is 0.330 e. The topological polar surface area (TPSA) is 46.5 Å². The highest BCUT2D eigenvalue weighted by atomic mass is 16.5. The molecular weight excluding hydrogens is 204 g/mol. The fraction of sp³-hybridized carbons (Fsp3) is 0.308. The van der Waals surface area contributed by atoms with Crippen LogP contribution in [0.3, 0.4) is 0 Å². The van der Waals surface area contributed by atoms with Crippen molar-refractivity contribution < 1.29 is 14.6 Å². The number of methoxy groups -OCH3 is 1. The Hall–Kier alpha value is -1.61. The largest absolute Gasteiger partial charge is 0.466 e. The lowest BCUT2D eigenvalue weighted by Gasteiger charge is -2.05. The van der Waals surface area contributed by atoms with Crippen LogP contribution in [0, 0.1) is 0 Å². The van der Waals surface area contributed by atoms with Gasteiger partial charge in [0.1, 0.15) is 0 Å². The minimum Gasteiger partial charge on any atom is -0.466 e. The fourth-order valence-corrected chi connectivity index (χ4v) is 1.31. The van der Waals surface area contributed by atoms with Gasteiger partial charge in [-0.25, -0.2) is 4.79 Å². The van der Waals surface area contributed by atoms with E-state index in [9.17, 15) is 9.90 Å². The van der Waals surface area contributed by atoms with Crippen LogP contribution in [-0.2, 0) is 16.0 Å². The quantitative estimate of drug-likeness (QED) is 0.607. The standard InChI is InChI=1S/C13H16O3/c1-16-13(15)10-9-12(14)8-7-11-5-3-2-4-6-11/h2-6,9-10,12,14H,7-8H2,1H3/b10-9+. The van der Waals surface area contributed by atoms with Crippen LogP contribution in [0.25, 0.3) is 0 Å². The van der Waals surface area contributed by atoms with Gasteiger partial charge in [0.15, 0.2) is 0 Å². The lowest BCUT2D eigenvalue weighted by molar-refractivity contribution is -0.134. The summed E-state index contributed by atoms with van der Waals surface area (Å²) in [7, 11) is 1.31. The summed E-state index contributed by atoms with van der Waals surface area (Å²) in [6.07, 6.45) is 3.47. The molecule has 16 heavy (non-hydrogen) atoms. The first-order valence-corrected chi connectivity index (χ1v) is 5.20. The Morgan fingerprint density at radius 2 is 2.12 bits per heavy atom. The molecule has 1 aromatic rings. The van der Waals surface area contributed by atoms with E-state index in [4.69, 9.17) is 0 Å². The molecule has 1 N–H and O–H groups in total. The lowest BCUT2D eigenvalue weighted by atomic mass is 10.1. The maximum absolute atomic E-state index is 10.8. The van der Waals surface area contributed by atoms with Gasteiger partial charge in [0, 0.05) is 6.08 Å². The number of carbonyl (C=O) groups excluding carboxylic acids is 1. The van der Waals surface area contributed by atoms with Crippen LogP contribution < -0.4 is 0 Å². The number of aliphatic hydroxyl groups is 1. The van der Waals surface area contributed by atoms with Crippen molar-refractivity contribution >= 4 is 5.97 Å². The van der Waals surface area contributed by atoms with Gasteiger partial charge in [-0.2, -0.15) is 0 Å². The van der Waals surface area contributed by atoms with Crippen molar-refractivity contribution in [1.82, 2.24) is 0 Å². The maximum atomic E-state index is 10.8. The van der Waals surface area contributed by atoms with Crippen LogP contribution in [0.1, 0.15) is 12.0 Å². The van der Waals surface area contributed by atoms with E-state index < -0.39 is 12.1 Å². The average molecular weight is 220 g/mol. The minimum atomic E-state index is -0.612. The molecule has 0 aromatic heterocycles. The molecule has 0 spiro atoms. The molecule has 1 atom stereocenters. The summed E-state index contributed by atoms with van der Waals surface area (Å²) in [5, 5.41) is 9.56. The Kier molecular flexibility index (Phi) is 5.29. The molecule has 0 radical (unpaired) electrons. The van der Waals surface area contributed by atoms with Crippen LogP contribution >= 0.6 is 0 Å². The van der Waals surface area contributed by atoms with Gasteiger partial charge < -0.3 is 9.84 Å². The molecule has 0 fully saturated rings. The molecule has 0 saturated heterocycles. The third kappa shape index (κ3) is 4.75. The molecule has 3 nitrogen and oxygen atoms in total. The Bertz CT molecular complexity index is 343. The zero-order valence-corrected chi connectivity index (χ0v) is 9.30. The molecule has 1 rings (SSSR count). The number of aliphatic hydroxyl groups excluding tert-OH is 1. The molecule has 86 valence electrons. The highest BCUT2D eigenvalue weighted by Gasteiger charge is 2.01. The molecule has 1 unspecified atom stereocenters. The lowest BCUT2D eigenvalue weighted by Crippen LogP contribution is -2.05. The smallest absolute Gasteiger partial charge is 0.330 e. The van der Waals surface area contributed by atoms with Gasteiger partial charge >= 0.3 is 5.97 Å². The van der Waals surface area contributed by atoms with Gasteiger partial charge in [-0.3, -0.25) is 0 Å². The van der Waals surface area contributed by atoms with Crippen LogP contribution in [0.2, 0.25) is 0 Å². The molecule has 0 saturated carbocycles. The van der Waals surface area contributed by atoms with Crippen LogP contribution in [0.4, 0.5) is 0 Å². The third-order valence-electron chi connectivity index (χ3n) is 2.23. The number of hydrogen-bond donors (Lipinski definition) is 1. The number of benzene rings is 1. The predicted molar refractivity (Wildman–Crippen MR) is 61.9 cm³/mol. The van der Waals surface area contributed by atoms with E-state index in [0.29, 0.717) is 6.42 Å². The van der Waals surface area contributed by atoms with Crippen molar-refractivity contribution in [2.45, 2.75) is 18.9 Å². The number of carbonyl (C=O) groups is 1. The number of hydrogen-bond acceptors (Lipinski definition) is 3. The first kappa shape index (κ1) is 12.5. The minimum absolute atomic E-state index is 0.446. The third-order valence-corrected chi connectivity index (χ3v) is 2.23. The van der Waals surface area contributed by atoms with Gasteiger partial charge in [0.2, 0.25) is 0 Å². The van der Waals surface area contributed by atoms with Gasteiger partial charge in [-0.05, 0) is 24.5 Å². The van der Waals surface area contributed by atoms with Crippen molar-refractivity contribution in [2.75, 3.05) is 7.11 Å². The average Bonchev–Trinajstić information content (AvgIpc) is 2.34. The van der Waals surface area contributed by atoms with E-state index in [0.717, 1.165) is 6.42 Å². The van der Waals surface area contributed by atoms with Crippen LogP contribution in [-0.4, -0.2) is 24.3 Å². The van der Waals surface area contributed by atoms with Gasteiger partial charge in [0.05, 0.1) is 13.2 Å². The van der Waals surface area contributed by atoms with E-state index >= 15 is 0 Å². The monoisotopic (exact) mass is 220 g/mol. The van der Waals surface area contributed by atoms with E-state index in [1.54, 1.807) is 0 Å². The van der Waals surface area contributed by atoms with Crippen molar-refractivity contribution in [2.24, 2.45) is 0 Å². The Morgan fingerprint density at radius 1 is 1.44 bits per heavy atom. The summed E-state index contributed by atoms with van der Waals surface area (Å²) in [5.41, 5.74) is 1.17.